The number of phosphoric ester groups is 1. The molecule has 170 valence electrons. The highest BCUT2D eigenvalue weighted by Crippen LogP contribution is 2.51. The molecule has 0 aliphatic carbocycles. The van der Waals surface area contributed by atoms with Crippen LogP contribution in [0.3, 0.4) is 0 Å². The summed E-state index contributed by atoms with van der Waals surface area (Å²) >= 11 is 0. The molecule has 13 heteroatoms. The largest absolute Gasteiger partial charge is 0.475 e. The number of aliphatic hydroxyl groups is 1. The minimum atomic E-state index is -4.12. The molecule has 1 aromatic rings. The van der Waals surface area contributed by atoms with Gasteiger partial charge in [-0.05, 0) is 13.3 Å². The number of rotatable bonds is 11. The summed E-state index contributed by atoms with van der Waals surface area (Å²) in [5, 5.41) is 10.7. The van der Waals surface area contributed by atoms with E-state index in [4.69, 9.17) is 31.5 Å². The molecule has 0 bridgehead atoms. The molecule has 2 heterocycles. The fourth-order valence-corrected chi connectivity index (χ4v) is 4.23. The Kier molecular flexibility index (Phi) is 8.71. The summed E-state index contributed by atoms with van der Waals surface area (Å²) in [5.74, 6) is 0. The van der Waals surface area contributed by atoms with E-state index < -0.39 is 37.0 Å². The summed E-state index contributed by atoms with van der Waals surface area (Å²) in [4.78, 5) is 32.2. The Balaban J connectivity index is 2.18. The van der Waals surface area contributed by atoms with Crippen LogP contribution >= 0.6 is 7.82 Å². The first-order chi connectivity index (χ1) is 14.7. The molecule has 0 unspecified atom stereocenters. The van der Waals surface area contributed by atoms with Crippen molar-refractivity contribution in [3.8, 4) is 0 Å². The summed E-state index contributed by atoms with van der Waals surface area (Å²) in [5.41, 5.74) is -2.22. The number of aliphatic hydroxyl groups excluding tert-OH is 1. The van der Waals surface area contributed by atoms with Crippen LogP contribution in [0.2, 0.25) is 0 Å². The van der Waals surface area contributed by atoms with E-state index in [9.17, 15) is 19.3 Å². The van der Waals surface area contributed by atoms with Gasteiger partial charge in [-0.1, -0.05) is 6.92 Å². The molecule has 31 heavy (non-hydrogen) atoms. The number of aryl methyl sites for hydroxylation is 1. The van der Waals surface area contributed by atoms with Gasteiger partial charge < -0.3 is 19.5 Å². The third kappa shape index (κ3) is 6.11. The SMILES string of the molecule is [C-]#[N+]CCOP(=O)(OCC[N+]#[C-])OC[C@@]1(CC)O[C@@H](n2cc(C)c(=O)[nH]c2=O)C[C@H]1O. The Hall–Kier alpha value is -2.31. The fraction of sp³-hybridized carbons (Fsp3) is 0.667. The maximum atomic E-state index is 12.9. The standard InChI is InChI=1S/C18H25N4O8P/c1-5-18(12-29-31(26,27-8-6-19-3)28-9-7-20-4)14(23)10-15(30-18)22-11-13(2)16(24)21-17(22)25/h11,14-15,23H,5-10,12H2,1-2H3,(H,21,24,25)/t14-,15-,18-/m1/s1. The molecule has 1 aliphatic rings. The van der Waals surface area contributed by atoms with Gasteiger partial charge in [0.25, 0.3) is 5.56 Å². The lowest BCUT2D eigenvalue weighted by Crippen LogP contribution is -2.43. The van der Waals surface area contributed by atoms with Gasteiger partial charge in [0.05, 0.1) is 12.7 Å². The van der Waals surface area contributed by atoms with Crippen molar-refractivity contribution in [2.75, 3.05) is 32.9 Å². The molecule has 0 aromatic carbocycles. The van der Waals surface area contributed by atoms with Crippen molar-refractivity contribution in [3.05, 3.63) is 55.4 Å². The number of H-pyrrole nitrogens is 1. The van der Waals surface area contributed by atoms with Gasteiger partial charge in [0, 0.05) is 18.2 Å². The third-order valence-electron chi connectivity index (χ3n) is 4.83. The Morgan fingerprint density at radius 2 is 1.90 bits per heavy atom. The van der Waals surface area contributed by atoms with Gasteiger partial charge >= 0.3 is 13.5 Å². The Morgan fingerprint density at radius 1 is 1.29 bits per heavy atom. The monoisotopic (exact) mass is 456 g/mol. The smallest absolute Gasteiger partial charge is 0.390 e. The van der Waals surface area contributed by atoms with Crippen LogP contribution in [0.4, 0.5) is 0 Å². The summed E-state index contributed by atoms with van der Waals surface area (Å²) in [6.45, 7) is 15.9. The molecule has 1 aromatic heterocycles. The second-order valence-corrected chi connectivity index (χ2v) is 8.54. The maximum absolute atomic E-state index is 12.9. The Bertz CT molecular complexity index is 986. The molecule has 0 saturated carbocycles. The zero-order valence-electron chi connectivity index (χ0n) is 17.3. The van der Waals surface area contributed by atoms with E-state index in [-0.39, 0.29) is 45.8 Å². The van der Waals surface area contributed by atoms with E-state index in [0.29, 0.717) is 5.56 Å². The lowest BCUT2D eigenvalue weighted by molar-refractivity contribution is -0.129. The van der Waals surface area contributed by atoms with Crippen LogP contribution < -0.4 is 11.2 Å². The van der Waals surface area contributed by atoms with Gasteiger partial charge in [0.2, 0.25) is 13.1 Å². The predicted molar refractivity (Wildman–Crippen MR) is 108 cm³/mol. The molecule has 2 N–H and O–H groups in total. The number of hydrogen-bond acceptors (Lipinski definition) is 8. The highest BCUT2D eigenvalue weighted by molar-refractivity contribution is 7.48. The van der Waals surface area contributed by atoms with Crippen LogP contribution in [0.25, 0.3) is 9.69 Å². The summed E-state index contributed by atoms with van der Waals surface area (Å²) < 4.78 is 35.6. The average Bonchev–Trinajstić information content (AvgIpc) is 3.06. The second-order valence-electron chi connectivity index (χ2n) is 6.87. The quantitative estimate of drug-likeness (QED) is 0.289. The minimum absolute atomic E-state index is 0.0318. The molecule has 1 fully saturated rings. The molecule has 2 rings (SSSR count). The second kappa shape index (κ2) is 10.8. The van der Waals surface area contributed by atoms with E-state index >= 15 is 0 Å². The van der Waals surface area contributed by atoms with Crippen molar-refractivity contribution in [2.45, 2.75) is 44.6 Å². The highest BCUT2D eigenvalue weighted by Gasteiger charge is 2.49. The minimum Gasteiger partial charge on any atom is -0.390 e. The lowest BCUT2D eigenvalue weighted by atomic mass is 9.95. The van der Waals surface area contributed by atoms with Crippen LogP contribution in [0, 0.1) is 20.1 Å². The van der Waals surface area contributed by atoms with Gasteiger partial charge in [-0.2, -0.15) is 0 Å². The van der Waals surface area contributed by atoms with Crippen LogP contribution in [0.15, 0.2) is 15.8 Å². The van der Waals surface area contributed by atoms with E-state index in [0.717, 1.165) is 0 Å². The fourth-order valence-electron chi connectivity index (χ4n) is 3.02. The van der Waals surface area contributed by atoms with Crippen molar-refractivity contribution in [3.63, 3.8) is 0 Å². The van der Waals surface area contributed by atoms with Gasteiger partial charge in [0.15, 0.2) is 0 Å². The van der Waals surface area contributed by atoms with Crippen LogP contribution in [-0.2, 0) is 22.9 Å². The average molecular weight is 456 g/mol. The summed E-state index contributed by atoms with van der Waals surface area (Å²) in [7, 11) is -4.12. The van der Waals surface area contributed by atoms with Crippen molar-refractivity contribution in [1.82, 2.24) is 9.55 Å². The summed E-state index contributed by atoms with van der Waals surface area (Å²) in [6.07, 6.45) is -0.346. The van der Waals surface area contributed by atoms with E-state index in [2.05, 4.69) is 14.7 Å². The number of nitrogens with one attached hydrogen (secondary N) is 1. The van der Waals surface area contributed by atoms with E-state index in [1.165, 1.54) is 17.7 Å². The van der Waals surface area contributed by atoms with Crippen LogP contribution in [-0.4, -0.2) is 59.3 Å². The molecule has 12 nitrogen and oxygen atoms in total. The van der Waals surface area contributed by atoms with E-state index in [1.807, 2.05) is 0 Å². The van der Waals surface area contributed by atoms with Crippen molar-refractivity contribution >= 4 is 7.82 Å². The first kappa shape index (κ1) is 25.0. The molecule has 1 aliphatic heterocycles. The first-order valence-electron chi connectivity index (χ1n) is 9.58. The van der Waals surface area contributed by atoms with E-state index in [1.54, 1.807) is 6.92 Å². The number of ether oxygens (including phenoxy) is 1. The zero-order valence-corrected chi connectivity index (χ0v) is 18.2. The maximum Gasteiger partial charge on any atom is 0.475 e. The normalized spacial score (nSPS) is 23.4. The number of aromatic amines is 1. The Morgan fingerprint density at radius 3 is 2.45 bits per heavy atom. The predicted octanol–water partition coefficient (Wildman–Crippen LogP) is 1.27. The molecule has 0 amide bonds. The molecule has 0 radical (unpaired) electrons. The zero-order chi connectivity index (χ0) is 23.1. The highest BCUT2D eigenvalue weighted by atomic mass is 31.2. The van der Waals surface area contributed by atoms with Gasteiger partial charge in [0.1, 0.15) is 25.0 Å². The summed E-state index contributed by atoms with van der Waals surface area (Å²) in [6, 6.07) is 0. The first-order valence-corrected chi connectivity index (χ1v) is 11.0. The molecule has 0 spiro atoms. The molecular formula is C18H25N4O8P. The number of hydrogen-bond donors (Lipinski definition) is 2. The molecular weight excluding hydrogens is 431 g/mol. The number of nitrogens with zero attached hydrogens (tertiary/aromatic N) is 3. The van der Waals surface area contributed by atoms with Crippen LogP contribution in [0.5, 0.6) is 0 Å². The Labute approximate surface area is 179 Å². The molecule has 1 saturated heterocycles. The van der Waals surface area contributed by atoms with Crippen LogP contribution in [0.1, 0.15) is 31.6 Å². The number of phosphoric acid groups is 1. The van der Waals surface area contributed by atoms with Gasteiger partial charge in [-0.3, -0.25) is 27.9 Å². The molecule has 3 atom stereocenters. The van der Waals surface area contributed by atoms with Gasteiger partial charge in [-0.25, -0.2) is 22.5 Å². The third-order valence-corrected chi connectivity index (χ3v) is 6.27. The van der Waals surface area contributed by atoms with Crippen molar-refractivity contribution in [1.29, 1.82) is 0 Å². The topological polar surface area (TPSA) is 138 Å². The van der Waals surface area contributed by atoms with Gasteiger partial charge in [-0.15, -0.1) is 0 Å². The van der Waals surface area contributed by atoms with Crippen molar-refractivity contribution in [2.24, 2.45) is 0 Å². The lowest BCUT2D eigenvalue weighted by Gasteiger charge is -2.31. The van der Waals surface area contributed by atoms with Crippen molar-refractivity contribution < 1.29 is 28.0 Å². The number of aromatic nitrogens is 2.